The molecule has 2 N–H and O–H groups in total. The van der Waals surface area contributed by atoms with Crippen LogP contribution in [-0.2, 0) is 6.54 Å². The lowest BCUT2D eigenvalue weighted by molar-refractivity contribution is 0.271. The van der Waals surface area contributed by atoms with Crippen molar-refractivity contribution in [3.63, 3.8) is 0 Å². The van der Waals surface area contributed by atoms with Crippen LogP contribution in [-0.4, -0.2) is 11.6 Å². The van der Waals surface area contributed by atoms with Gasteiger partial charge in [-0.3, -0.25) is 0 Å². The van der Waals surface area contributed by atoms with E-state index in [0.717, 1.165) is 28.6 Å². The minimum atomic E-state index is 0.500. The highest BCUT2D eigenvalue weighted by Crippen LogP contribution is 2.24. The Labute approximate surface area is 112 Å². The summed E-state index contributed by atoms with van der Waals surface area (Å²) in [6.45, 7) is 5.52. The fourth-order valence-electron chi connectivity index (χ4n) is 1.52. The van der Waals surface area contributed by atoms with Crippen LogP contribution in [0.5, 0.6) is 5.75 Å². The fraction of sp³-hybridized carbons (Fsp3) is 0.357. The van der Waals surface area contributed by atoms with Gasteiger partial charge in [-0.15, -0.1) is 11.3 Å². The summed E-state index contributed by atoms with van der Waals surface area (Å²) in [4.78, 5) is 4.46. The van der Waals surface area contributed by atoms with Gasteiger partial charge < -0.3 is 10.5 Å². The third-order valence-corrected chi connectivity index (χ3v) is 3.33. The molecule has 4 heteroatoms. The van der Waals surface area contributed by atoms with Gasteiger partial charge in [0.15, 0.2) is 0 Å². The lowest BCUT2D eigenvalue weighted by Gasteiger charge is -2.08. The maximum absolute atomic E-state index is 5.65. The summed E-state index contributed by atoms with van der Waals surface area (Å²) in [7, 11) is 0. The molecule has 0 bridgehead atoms. The van der Waals surface area contributed by atoms with E-state index in [2.05, 4.69) is 18.8 Å². The molecule has 0 aliphatic heterocycles. The minimum absolute atomic E-state index is 0.500. The topological polar surface area (TPSA) is 48.1 Å². The van der Waals surface area contributed by atoms with Crippen LogP contribution >= 0.6 is 11.3 Å². The predicted molar refractivity (Wildman–Crippen MR) is 75.8 cm³/mol. The second-order valence-corrected chi connectivity index (χ2v) is 5.50. The zero-order valence-corrected chi connectivity index (χ0v) is 11.5. The molecular weight excluding hydrogens is 244 g/mol. The number of hydrogen-bond donors (Lipinski definition) is 1. The maximum Gasteiger partial charge on any atom is 0.119 e. The average Bonchev–Trinajstić information content (AvgIpc) is 2.85. The fourth-order valence-corrected chi connectivity index (χ4v) is 2.21. The Bertz CT molecular complexity index is 491. The molecule has 0 atom stereocenters. The molecule has 0 saturated heterocycles. The quantitative estimate of drug-likeness (QED) is 0.899. The Balaban J connectivity index is 2.07. The molecule has 0 amide bonds. The van der Waals surface area contributed by atoms with Crippen molar-refractivity contribution in [2.75, 3.05) is 6.61 Å². The van der Waals surface area contributed by atoms with Crippen molar-refractivity contribution in [3.05, 3.63) is 34.7 Å². The lowest BCUT2D eigenvalue weighted by atomic mass is 10.2. The van der Waals surface area contributed by atoms with Crippen molar-refractivity contribution >= 4 is 11.3 Å². The highest BCUT2D eigenvalue weighted by atomic mass is 32.1. The summed E-state index contributed by atoms with van der Waals surface area (Å²) in [6.07, 6.45) is 0. The minimum Gasteiger partial charge on any atom is -0.493 e. The van der Waals surface area contributed by atoms with Crippen LogP contribution < -0.4 is 10.5 Å². The van der Waals surface area contributed by atoms with Gasteiger partial charge >= 0.3 is 0 Å². The normalized spacial score (nSPS) is 10.9. The van der Waals surface area contributed by atoms with Gasteiger partial charge in [0.1, 0.15) is 10.8 Å². The summed E-state index contributed by atoms with van der Waals surface area (Å²) in [5.41, 5.74) is 7.64. The molecule has 0 aliphatic rings. The first-order valence-corrected chi connectivity index (χ1v) is 6.94. The van der Waals surface area contributed by atoms with E-state index in [1.807, 2.05) is 29.6 Å². The Morgan fingerprint density at radius 1 is 1.28 bits per heavy atom. The van der Waals surface area contributed by atoms with Gasteiger partial charge in [-0.2, -0.15) is 0 Å². The van der Waals surface area contributed by atoms with E-state index in [1.54, 1.807) is 11.3 Å². The average molecular weight is 262 g/mol. The first kappa shape index (κ1) is 13.1. The van der Waals surface area contributed by atoms with Crippen LogP contribution in [0, 0.1) is 5.92 Å². The lowest BCUT2D eigenvalue weighted by Crippen LogP contribution is -2.04. The van der Waals surface area contributed by atoms with Crippen LogP contribution in [0.3, 0.4) is 0 Å². The number of hydrogen-bond acceptors (Lipinski definition) is 4. The Hall–Kier alpha value is -1.39. The molecule has 1 aromatic carbocycles. The highest BCUT2D eigenvalue weighted by molar-refractivity contribution is 7.09. The van der Waals surface area contributed by atoms with Gasteiger partial charge in [0.25, 0.3) is 0 Å². The number of thiazole rings is 1. The van der Waals surface area contributed by atoms with Gasteiger partial charge in [-0.05, 0) is 30.2 Å². The second-order valence-electron chi connectivity index (χ2n) is 4.56. The largest absolute Gasteiger partial charge is 0.493 e. The number of nitrogens with two attached hydrogens (primary N) is 1. The number of nitrogens with zero attached hydrogens (tertiary/aromatic N) is 1. The first-order valence-electron chi connectivity index (χ1n) is 6.06. The molecule has 0 unspecified atom stereocenters. The van der Waals surface area contributed by atoms with Crippen LogP contribution in [0.25, 0.3) is 11.3 Å². The SMILES string of the molecule is CC(C)COc1ccc(-c2csc(CN)n2)cc1. The van der Waals surface area contributed by atoms with Crippen LogP contribution in [0.2, 0.25) is 0 Å². The molecule has 2 aromatic rings. The molecule has 0 radical (unpaired) electrons. The van der Waals surface area contributed by atoms with Crippen LogP contribution in [0.4, 0.5) is 0 Å². The molecule has 1 heterocycles. The van der Waals surface area contributed by atoms with Crippen molar-refractivity contribution in [2.24, 2.45) is 11.7 Å². The number of rotatable bonds is 5. The maximum atomic E-state index is 5.65. The van der Waals surface area contributed by atoms with Gasteiger partial charge in [-0.25, -0.2) is 4.98 Å². The molecule has 3 nitrogen and oxygen atoms in total. The zero-order chi connectivity index (χ0) is 13.0. The molecular formula is C14H18N2OS. The molecule has 0 aliphatic carbocycles. The first-order chi connectivity index (χ1) is 8.69. The van der Waals surface area contributed by atoms with E-state index in [1.165, 1.54) is 0 Å². The number of benzene rings is 1. The summed E-state index contributed by atoms with van der Waals surface area (Å²) >= 11 is 1.60. The van der Waals surface area contributed by atoms with Crippen molar-refractivity contribution in [3.8, 4) is 17.0 Å². The summed E-state index contributed by atoms with van der Waals surface area (Å²) in [5.74, 6) is 1.44. The Kier molecular flexibility index (Phi) is 4.33. The summed E-state index contributed by atoms with van der Waals surface area (Å²) < 4.78 is 5.65. The van der Waals surface area contributed by atoms with E-state index in [-0.39, 0.29) is 0 Å². The monoisotopic (exact) mass is 262 g/mol. The molecule has 0 fully saturated rings. The molecule has 2 rings (SSSR count). The second kappa shape index (κ2) is 5.98. The highest BCUT2D eigenvalue weighted by Gasteiger charge is 2.04. The number of aromatic nitrogens is 1. The number of ether oxygens (including phenoxy) is 1. The molecule has 96 valence electrons. The van der Waals surface area contributed by atoms with E-state index < -0.39 is 0 Å². The Morgan fingerprint density at radius 3 is 2.56 bits per heavy atom. The van der Waals surface area contributed by atoms with E-state index in [9.17, 15) is 0 Å². The zero-order valence-electron chi connectivity index (χ0n) is 10.7. The molecule has 1 aromatic heterocycles. The Morgan fingerprint density at radius 2 is 2.00 bits per heavy atom. The van der Waals surface area contributed by atoms with Crippen LogP contribution in [0.15, 0.2) is 29.6 Å². The third-order valence-electron chi connectivity index (χ3n) is 2.46. The summed E-state index contributed by atoms with van der Waals surface area (Å²) in [6, 6.07) is 8.04. The third kappa shape index (κ3) is 3.31. The van der Waals surface area contributed by atoms with Gasteiger partial charge in [0.2, 0.25) is 0 Å². The van der Waals surface area contributed by atoms with Crippen molar-refractivity contribution < 1.29 is 4.74 Å². The van der Waals surface area contributed by atoms with E-state index in [0.29, 0.717) is 12.5 Å². The smallest absolute Gasteiger partial charge is 0.119 e. The molecule has 18 heavy (non-hydrogen) atoms. The van der Waals surface area contributed by atoms with Crippen molar-refractivity contribution in [1.29, 1.82) is 0 Å². The van der Waals surface area contributed by atoms with Crippen molar-refractivity contribution in [1.82, 2.24) is 4.98 Å². The summed E-state index contributed by atoms with van der Waals surface area (Å²) in [5, 5.41) is 3.00. The van der Waals surface area contributed by atoms with E-state index in [4.69, 9.17) is 10.5 Å². The van der Waals surface area contributed by atoms with E-state index >= 15 is 0 Å². The molecule has 0 saturated carbocycles. The predicted octanol–water partition coefficient (Wildman–Crippen LogP) is 3.30. The molecule has 0 spiro atoms. The van der Waals surface area contributed by atoms with Crippen LogP contribution in [0.1, 0.15) is 18.9 Å². The van der Waals surface area contributed by atoms with Gasteiger partial charge in [0.05, 0.1) is 12.3 Å². The van der Waals surface area contributed by atoms with Gasteiger partial charge in [0, 0.05) is 17.5 Å². The van der Waals surface area contributed by atoms with Gasteiger partial charge in [-0.1, -0.05) is 13.8 Å². The standard InChI is InChI=1S/C14H18N2OS/c1-10(2)8-17-12-5-3-11(4-6-12)13-9-18-14(7-15)16-13/h3-6,9-10H,7-8,15H2,1-2H3. The van der Waals surface area contributed by atoms with Crippen molar-refractivity contribution in [2.45, 2.75) is 20.4 Å².